The van der Waals surface area contributed by atoms with Crippen molar-refractivity contribution in [2.75, 3.05) is 32.7 Å². The van der Waals surface area contributed by atoms with Gasteiger partial charge >= 0.3 is 0 Å². The van der Waals surface area contributed by atoms with E-state index in [1.54, 1.807) is 0 Å². The normalized spacial score (nSPS) is 32.8. The summed E-state index contributed by atoms with van der Waals surface area (Å²) in [5.41, 5.74) is 0. The van der Waals surface area contributed by atoms with Gasteiger partial charge in [-0.3, -0.25) is 0 Å². The lowest BCUT2D eigenvalue weighted by molar-refractivity contribution is -0.0577. The third-order valence-corrected chi connectivity index (χ3v) is 3.50. The van der Waals surface area contributed by atoms with E-state index in [0.717, 1.165) is 19.6 Å². The van der Waals surface area contributed by atoms with E-state index >= 15 is 0 Å². The van der Waals surface area contributed by atoms with Crippen molar-refractivity contribution in [3.05, 3.63) is 0 Å². The summed E-state index contributed by atoms with van der Waals surface area (Å²) in [7, 11) is 0. The minimum absolute atomic E-state index is 0.0488. The molecule has 0 radical (unpaired) electrons. The highest BCUT2D eigenvalue weighted by molar-refractivity contribution is 4.80. The van der Waals surface area contributed by atoms with E-state index in [4.69, 9.17) is 0 Å². The number of hydrogen-bond donors (Lipinski definition) is 1. The van der Waals surface area contributed by atoms with Gasteiger partial charge in [0.25, 0.3) is 5.92 Å². The maximum atomic E-state index is 12.9. The van der Waals surface area contributed by atoms with Crippen molar-refractivity contribution in [3.63, 3.8) is 0 Å². The fourth-order valence-corrected chi connectivity index (χ4v) is 2.51. The minimum atomic E-state index is -2.40. The van der Waals surface area contributed by atoms with Crippen LogP contribution in [0.3, 0.4) is 0 Å². The van der Waals surface area contributed by atoms with Gasteiger partial charge in [0.05, 0.1) is 0 Å². The molecule has 4 heteroatoms. The van der Waals surface area contributed by atoms with Crippen LogP contribution in [0.4, 0.5) is 8.78 Å². The van der Waals surface area contributed by atoms with Crippen LogP contribution in [0.25, 0.3) is 0 Å². The maximum absolute atomic E-state index is 12.9. The Balaban J connectivity index is 1.71. The second-order valence-electron chi connectivity index (χ2n) is 4.87. The molecule has 2 fully saturated rings. The third-order valence-electron chi connectivity index (χ3n) is 3.50. The molecule has 0 bridgehead atoms. The number of piperidine rings is 2. The molecule has 0 aromatic rings. The number of nitrogens with one attached hydrogen (secondary N) is 1. The average molecular weight is 218 g/mol. The fraction of sp³-hybridized carbons (Fsp3) is 1.00. The Morgan fingerprint density at radius 3 is 2.60 bits per heavy atom. The Hall–Kier alpha value is -0.220. The van der Waals surface area contributed by atoms with Gasteiger partial charge in [0, 0.05) is 32.5 Å². The van der Waals surface area contributed by atoms with Gasteiger partial charge in [-0.2, -0.15) is 0 Å². The highest BCUT2D eigenvalue weighted by Gasteiger charge is 2.34. The number of likely N-dealkylation sites (tertiary alicyclic amines) is 1. The second kappa shape index (κ2) is 4.74. The standard InChI is InChI=1S/C11H20F2N2/c12-11(13)3-6-15(7-4-11)9-10-2-1-5-14-8-10/h10,14H,1-9H2. The molecule has 88 valence electrons. The summed E-state index contributed by atoms with van der Waals surface area (Å²) >= 11 is 0. The van der Waals surface area contributed by atoms with Crippen LogP contribution in [-0.2, 0) is 0 Å². The number of rotatable bonds is 2. The van der Waals surface area contributed by atoms with Crippen molar-refractivity contribution < 1.29 is 8.78 Å². The van der Waals surface area contributed by atoms with Crippen LogP contribution in [0.1, 0.15) is 25.7 Å². The van der Waals surface area contributed by atoms with Crippen molar-refractivity contribution in [2.45, 2.75) is 31.6 Å². The van der Waals surface area contributed by atoms with Crippen molar-refractivity contribution in [1.82, 2.24) is 10.2 Å². The SMILES string of the molecule is FC1(F)CCN(CC2CCCNC2)CC1. The van der Waals surface area contributed by atoms with Crippen molar-refractivity contribution in [3.8, 4) is 0 Å². The Morgan fingerprint density at radius 1 is 1.27 bits per heavy atom. The van der Waals surface area contributed by atoms with Gasteiger partial charge in [-0.1, -0.05) is 0 Å². The van der Waals surface area contributed by atoms with Gasteiger partial charge in [0.2, 0.25) is 0 Å². The van der Waals surface area contributed by atoms with Crippen LogP contribution >= 0.6 is 0 Å². The molecule has 0 amide bonds. The molecule has 2 nitrogen and oxygen atoms in total. The molecule has 0 aromatic carbocycles. The first-order chi connectivity index (χ1) is 7.16. The van der Waals surface area contributed by atoms with E-state index < -0.39 is 5.92 Å². The molecule has 1 unspecified atom stereocenters. The zero-order valence-corrected chi connectivity index (χ0v) is 9.14. The van der Waals surface area contributed by atoms with Crippen LogP contribution < -0.4 is 5.32 Å². The number of nitrogens with zero attached hydrogens (tertiary/aromatic N) is 1. The molecule has 1 atom stereocenters. The van der Waals surface area contributed by atoms with Gasteiger partial charge in [-0.05, 0) is 31.8 Å². The summed E-state index contributed by atoms with van der Waals surface area (Å²) in [4.78, 5) is 2.20. The van der Waals surface area contributed by atoms with Crippen molar-refractivity contribution in [2.24, 2.45) is 5.92 Å². The summed E-state index contributed by atoms with van der Waals surface area (Å²) in [6, 6.07) is 0. The number of alkyl halides is 2. The van der Waals surface area contributed by atoms with Crippen LogP contribution in [-0.4, -0.2) is 43.5 Å². The molecule has 15 heavy (non-hydrogen) atoms. The van der Waals surface area contributed by atoms with Gasteiger partial charge in [-0.15, -0.1) is 0 Å². The smallest absolute Gasteiger partial charge is 0.250 e. The molecule has 2 heterocycles. The molecule has 0 spiro atoms. The van der Waals surface area contributed by atoms with Crippen LogP contribution in [0.2, 0.25) is 0 Å². The van der Waals surface area contributed by atoms with Gasteiger partial charge in [0.1, 0.15) is 0 Å². The molecular weight excluding hydrogens is 198 g/mol. The Labute approximate surface area is 90.0 Å². The van der Waals surface area contributed by atoms with E-state index in [1.165, 1.54) is 12.8 Å². The highest BCUT2D eigenvalue weighted by Crippen LogP contribution is 2.28. The predicted octanol–water partition coefficient (Wildman–Crippen LogP) is 1.72. The predicted molar refractivity (Wildman–Crippen MR) is 56.2 cm³/mol. The van der Waals surface area contributed by atoms with Crippen molar-refractivity contribution in [1.29, 1.82) is 0 Å². The van der Waals surface area contributed by atoms with E-state index in [0.29, 0.717) is 19.0 Å². The van der Waals surface area contributed by atoms with E-state index in [1.807, 2.05) is 0 Å². The summed E-state index contributed by atoms with van der Waals surface area (Å²) in [6.45, 7) is 4.33. The first-order valence-corrected chi connectivity index (χ1v) is 5.97. The first kappa shape index (κ1) is 11.3. The largest absolute Gasteiger partial charge is 0.316 e. The van der Waals surface area contributed by atoms with Gasteiger partial charge in [-0.25, -0.2) is 8.78 Å². The van der Waals surface area contributed by atoms with Crippen molar-refractivity contribution >= 4 is 0 Å². The lowest BCUT2D eigenvalue weighted by Gasteiger charge is -2.35. The number of hydrogen-bond acceptors (Lipinski definition) is 2. The Bertz CT molecular complexity index is 193. The third kappa shape index (κ3) is 3.38. The minimum Gasteiger partial charge on any atom is -0.316 e. The first-order valence-electron chi connectivity index (χ1n) is 5.97. The van der Waals surface area contributed by atoms with Crippen LogP contribution in [0.5, 0.6) is 0 Å². The molecule has 1 N–H and O–H groups in total. The molecule has 0 saturated carbocycles. The van der Waals surface area contributed by atoms with E-state index in [2.05, 4.69) is 10.2 Å². The second-order valence-corrected chi connectivity index (χ2v) is 4.87. The lowest BCUT2D eigenvalue weighted by Crippen LogP contribution is -2.44. The molecule has 0 aliphatic carbocycles. The summed E-state index contributed by atoms with van der Waals surface area (Å²) in [5.74, 6) is -1.73. The monoisotopic (exact) mass is 218 g/mol. The summed E-state index contributed by atoms with van der Waals surface area (Å²) < 4.78 is 25.8. The highest BCUT2D eigenvalue weighted by atomic mass is 19.3. The zero-order valence-electron chi connectivity index (χ0n) is 9.14. The fourth-order valence-electron chi connectivity index (χ4n) is 2.51. The Kier molecular flexibility index (Phi) is 3.57. The van der Waals surface area contributed by atoms with E-state index in [9.17, 15) is 8.78 Å². The molecule has 0 aromatic heterocycles. The molecule has 2 aliphatic rings. The van der Waals surface area contributed by atoms with Gasteiger partial charge < -0.3 is 10.2 Å². The molecule has 2 rings (SSSR count). The maximum Gasteiger partial charge on any atom is 0.250 e. The molecule has 2 aliphatic heterocycles. The van der Waals surface area contributed by atoms with Gasteiger partial charge in [0.15, 0.2) is 0 Å². The van der Waals surface area contributed by atoms with E-state index in [-0.39, 0.29) is 12.8 Å². The number of halogens is 2. The summed E-state index contributed by atoms with van der Waals surface area (Å²) in [6.07, 6.45) is 2.58. The van der Waals surface area contributed by atoms with Crippen LogP contribution in [0.15, 0.2) is 0 Å². The quantitative estimate of drug-likeness (QED) is 0.759. The topological polar surface area (TPSA) is 15.3 Å². The molecular formula is C11H20F2N2. The lowest BCUT2D eigenvalue weighted by atomic mass is 9.97. The zero-order chi connectivity index (χ0) is 10.7. The van der Waals surface area contributed by atoms with Crippen LogP contribution in [0, 0.1) is 5.92 Å². The molecule has 2 saturated heterocycles. The Morgan fingerprint density at radius 2 is 2.00 bits per heavy atom. The average Bonchev–Trinajstić information content (AvgIpc) is 2.23. The summed E-state index contributed by atoms with van der Waals surface area (Å²) in [5, 5.41) is 3.37.